The molecule has 0 unspecified atom stereocenters. The summed E-state index contributed by atoms with van der Waals surface area (Å²) >= 11 is 6.06. The van der Waals surface area contributed by atoms with Crippen molar-refractivity contribution < 1.29 is 13.2 Å². The number of nitrogens with one attached hydrogen (secondary N) is 1. The average molecular weight is 372 g/mol. The molecule has 2 rings (SSSR count). The zero-order valence-corrected chi connectivity index (χ0v) is 15.5. The Hall–Kier alpha value is -1.60. The van der Waals surface area contributed by atoms with Crippen molar-refractivity contribution in [2.45, 2.75) is 39.0 Å². The molecule has 1 N–H and O–H groups in total. The minimum atomic E-state index is -3.63. The van der Waals surface area contributed by atoms with Crippen molar-refractivity contribution in [3.8, 4) is 0 Å². The first-order valence-corrected chi connectivity index (χ1v) is 10.1. The van der Waals surface area contributed by atoms with Crippen LogP contribution in [0.2, 0.25) is 5.02 Å². The van der Waals surface area contributed by atoms with Gasteiger partial charge in [0.25, 0.3) is 5.91 Å². The molecule has 0 radical (unpaired) electrons. The fourth-order valence-electron chi connectivity index (χ4n) is 2.63. The minimum absolute atomic E-state index is 0.337. The molecule has 132 valence electrons. The van der Waals surface area contributed by atoms with Crippen LogP contribution in [0, 0.1) is 6.92 Å². The molecule has 1 aromatic rings. The number of halogens is 1. The Balaban J connectivity index is 2.15. The fraction of sp³-hybridized carbons (Fsp3) is 0.500. The van der Waals surface area contributed by atoms with E-state index < -0.39 is 15.9 Å². The highest BCUT2D eigenvalue weighted by atomic mass is 35.5. The Labute approximate surface area is 147 Å². The summed E-state index contributed by atoms with van der Waals surface area (Å²) in [7, 11) is -3.63. The van der Waals surface area contributed by atoms with Crippen molar-refractivity contribution >= 4 is 38.9 Å². The third kappa shape index (κ3) is 4.95. The fourth-order valence-corrected chi connectivity index (χ4v) is 3.70. The molecule has 24 heavy (non-hydrogen) atoms. The predicted molar refractivity (Wildman–Crippen MR) is 97.0 cm³/mol. The van der Waals surface area contributed by atoms with E-state index in [2.05, 4.69) is 10.5 Å². The molecule has 1 aliphatic carbocycles. The molecule has 0 heterocycles. The van der Waals surface area contributed by atoms with Crippen molar-refractivity contribution in [2.75, 3.05) is 17.1 Å². The second kappa shape index (κ2) is 7.98. The largest absolute Gasteiger partial charge is 0.271 e. The van der Waals surface area contributed by atoms with Gasteiger partial charge in [0.2, 0.25) is 10.0 Å². The summed E-state index contributed by atoms with van der Waals surface area (Å²) < 4.78 is 25.3. The van der Waals surface area contributed by atoms with Crippen LogP contribution >= 0.6 is 11.6 Å². The molecule has 1 aromatic carbocycles. The summed E-state index contributed by atoms with van der Waals surface area (Å²) in [6.45, 7) is 1.38. The molecule has 8 heteroatoms. The molecule has 6 nitrogen and oxygen atoms in total. The van der Waals surface area contributed by atoms with E-state index in [1.807, 2.05) is 0 Å². The number of carbonyl (C=O) groups excluding carboxylic acids is 1. The lowest BCUT2D eigenvalue weighted by Crippen LogP contribution is -2.39. The third-order valence-electron chi connectivity index (χ3n) is 3.96. The van der Waals surface area contributed by atoms with Gasteiger partial charge in [0, 0.05) is 10.7 Å². The monoisotopic (exact) mass is 371 g/mol. The van der Waals surface area contributed by atoms with Crippen LogP contribution in [0.3, 0.4) is 0 Å². The van der Waals surface area contributed by atoms with Crippen molar-refractivity contribution in [3.63, 3.8) is 0 Å². The minimum Gasteiger partial charge on any atom is -0.271 e. The summed E-state index contributed by atoms with van der Waals surface area (Å²) in [6, 6.07) is 4.96. The van der Waals surface area contributed by atoms with Gasteiger partial charge < -0.3 is 0 Å². The lowest BCUT2D eigenvalue weighted by Gasteiger charge is -2.23. The van der Waals surface area contributed by atoms with E-state index in [4.69, 9.17) is 11.6 Å². The molecule has 0 spiro atoms. The highest BCUT2D eigenvalue weighted by molar-refractivity contribution is 7.92. The van der Waals surface area contributed by atoms with Gasteiger partial charge >= 0.3 is 0 Å². The van der Waals surface area contributed by atoms with E-state index >= 15 is 0 Å². The van der Waals surface area contributed by atoms with Gasteiger partial charge in [0.1, 0.15) is 6.54 Å². The van der Waals surface area contributed by atoms with Crippen LogP contribution in [0.4, 0.5) is 5.69 Å². The van der Waals surface area contributed by atoms with E-state index in [9.17, 15) is 13.2 Å². The lowest BCUT2D eigenvalue weighted by atomic mass is 9.99. The topological polar surface area (TPSA) is 78.8 Å². The maximum atomic E-state index is 12.2. The maximum Gasteiger partial charge on any atom is 0.260 e. The van der Waals surface area contributed by atoms with E-state index in [1.54, 1.807) is 25.1 Å². The van der Waals surface area contributed by atoms with E-state index in [0.717, 1.165) is 42.0 Å². The molecule has 0 atom stereocenters. The zero-order chi connectivity index (χ0) is 17.7. The van der Waals surface area contributed by atoms with Crippen LogP contribution in [0.5, 0.6) is 0 Å². The normalized spacial score (nSPS) is 15.0. The van der Waals surface area contributed by atoms with E-state index in [-0.39, 0.29) is 6.54 Å². The summed E-state index contributed by atoms with van der Waals surface area (Å²) in [5.74, 6) is -0.474. The Morgan fingerprint density at radius 2 is 1.96 bits per heavy atom. The molecular formula is C16H22ClN3O3S. The van der Waals surface area contributed by atoms with Gasteiger partial charge in [-0.05, 0) is 50.3 Å². The smallest absolute Gasteiger partial charge is 0.260 e. The van der Waals surface area contributed by atoms with Crippen molar-refractivity contribution in [1.82, 2.24) is 5.43 Å². The van der Waals surface area contributed by atoms with Gasteiger partial charge in [-0.25, -0.2) is 13.8 Å². The third-order valence-corrected chi connectivity index (χ3v) is 5.50. The first-order chi connectivity index (χ1) is 11.3. The molecular weight excluding hydrogens is 350 g/mol. The summed E-state index contributed by atoms with van der Waals surface area (Å²) in [4.78, 5) is 12.2. The van der Waals surface area contributed by atoms with Crippen molar-refractivity contribution in [3.05, 3.63) is 28.8 Å². The summed E-state index contributed by atoms with van der Waals surface area (Å²) in [5.41, 5.74) is 4.43. The molecule has 0 aliphatic heterocycles. The Bertz CT molecular complexity index is 739. The Morgan fingerprint density at radius 1 is 1.29 bits per heavy atom. The van der Waals surface area contributed by atoms with Crippen LogP contribution in [-0.4, -0.2) is 32.8 Å². The van der Waals surface area contributed by atoms with Crippen LogP contribution in [-0.2, 0) is 14.8 Å². The van der Waals surface area contributed by atoms with Gasteiger partial charge in [-0.1, -0.05) is 24.1 Å². The highest BCUT2D eigenvalue weighted by Crippen LogP contribution is 2.27. The Morgan fingerprint density at radius 3 is 2.58 bits per heavy atom. The van der Waals surface area contributed by atoms with Crippen LogP contribution in [0.25, 0.3) is 0 Å². The maximum absolute atomic E-state index is 12.2. The van der Waals surface area contributed by atoms with E-state index in [1.165, 1.54) is 6.42 Å². The average Bonchev–Trinajstić information content (AvgIpc) is 2.53. The number of amides is 1. The van der Waals surface area contributed by atoms with Gasteiger partial charge in [-0.15, -0.1) is 0 Å². The van der Waals surface area contributed by atoms with Crippen molar-refractivity contribution in [1.29, 1.82) is 0 Å². The zero-order valence-electron chi connectivity index (χ0n) is 13.9. The summed E-state index contributed by atoms with van der Waals surface area (Å²) in [5, 5.41) is 4.57. The molecule has 0 bridgehead atoms. The van der Waals surface area contributed by atoms with Crippen LogP contribution in [0.15, 0.2) is 23.3 Å². The second-order valence-corrected chi connectivity index (χ2v) is 8.24. The molecule has 1 fully saturated rings. The lowest BCUT2D eigenvalue weighted by molar-refractivity contribution is -0.119. The van der Waals surface area contributed by atoms with Crippen LogP contribution in [0.1, 0.15) is 37.7 Å². The highest BCUT2D eigenvalue weighted by Gasteiger charge is 2.23. The quantitative estimate of drug-likeness (QED) is 0.808. The number of hydrazone groups is 1. The molecule has 1 amide bonds. The number of sulfonamides is 1. The molecule has 1 saturated carbocycles. The van der Waals surface area contributed by atoms with Gasteiger partial charge in [-0.2, -0.15) is 5.10 Å². The van der Waals surface area contributed by atoms with Crippen molar-refractivity contribution in [2.24, 2.45) is 5.10 Å². The molecule has 0 aromatic heterocycles. The number of hydrogen-bond acceptors (Lipinski definition) is 4. The van der Waals surface area contributed by atoms with Gasteiger partial charge in [-0.3, -0.25) is 9.10 Å². The first-order valence-electron chi connectivity index (χ1n) is 7.86. The van der Waals surface area contributed by atoms with Gasteiger partial charge in [0.15, 0.2) is 0 Å². The molecule has 1 aliphatic rings. The Kier molecular flexibility index (Phi) is 6.23. The number of carbonyl (C=O) groups is 1. The number of rotatable bonds is 5. The standard InChI is InChI=1S/C16H22ClN3O3S/c1-12-14(17)9-6-10-15(12)20(24(2,22)23)11-16(21)19-18-13-7-4-3-5-8-13/h6,9-10H,3-5,7-8,11H2,1-2H3,(H,19,21). The van der Waals surface area contributed by atoms with Crippen LogP contribution < -0.4 is 9.73 Å². The second-order valence-electron chi connectivity index (χ2n) is 5.93. The number of benzene rings is 1. The van der Waals surface area contributed by atoms with E-state index in [0.29, 0.717) is 16.3 Å². The SMILES string of the molecule is Cc1c(Cl)cccc1N(CC(=O)NN=C1CCCCC1)S(C)(=O)=O. The number of hydrogen-bond donors (Lipinski definition) is 1. The van der Waals surface area contributed by atoms with Gasteiger partial charge in [0.05, 0.1) is 11.9 Å². The predicted octanol–water partition coefficient (Wildman–Crippen LogP) is 2.85. The number of nitrogens with zero attached hydrogens (tertiary/aromatic N) is 2. The summed E-state index contributed by atoms with van der Waals surface area (Å²) in [6.07, 6.45) is 6.15. The number of anilines is 1. The molecule has 0 saturated heterocycles. The first kappa shape index (κ1) is 18.7.